The molecule has 1 aliphatic heterocycles. The lowest BCUT2D eigenvalue weighted by atomic mass is 9.97. The summed E-state index contributed by atoms with van der Waals surface area (Å²) >= 11 is 1.72. The minimum atomic E-state index is 0.348. The van der Waals surface area contributed by atoms with Crippen LogP contribution >= 0.6 is 11.3 Å². The van der Waals surface area contributed by atoms with Gasteiger partial charge in [0, 0.05) is 31.8 Å². The van der Waals surface area contributed by atoms with Gasteiger partial charge in [0.2, 0.25) is 5.91 Å². The smallest absolute Gasteiger partial charge is 0.222 e. The summed E-state index contributed by atoms with van der Waals surface area (Å²) < 4.78 is 0. The van der Waals surface area contributed by atoms with Gasteiger partial charge < -0.3 is 4.90 Å². The second-order valence-corrected chi connectivity index (χ2v) is 9.16. The summed E-state index contributed by atoms with van der Waals surface area (Å²) in [7, 11) is 0. The van der Waals surface area contributed by atoms with Crippen LogP contribution in [0.25, 0.3) is 0 Å². The Kier molecular flexibility index (Phi) is 6.17. The first-order valence-corrected chi connectivity index (χ1v) is 11.2. The molecule has 27 heavy (non-hydrogen) atoms. The molecule has 1 atom stereocenters. The number of benzene rings is 1. The summed E-state index contributed by atoms with van der Waals surface area (Å²) in [6, 6.07) is 10.4. The number of rotatable bonds is 6. The van der Waals surface area contributed by atoms with E-state index in [4.69, 9.17) is 0 Å². The predicted molar refractivity (Wildman–Crippen MR) is 109 cm³/mol. The minimum absolute atomic E-state index is 0.348. The van der Waals surface area contributed by atoms with Crippen molar-refractivity contribution < 1.29 is 4.79 Å². The highest BCUT2D eigenvalue weighted by atomic mass is 32.1. The molecule has 1 unspecified atom stereocenters. The van der Waals surface area contributed by atoms with Gasteiger partial charge in [0.25, 0.3) is 0 Å². The number of carbonyl (C=O) groups excluding carboxylic acids is 1. The molecule has 4 nitrogen and oxygen atoms in total. The first-order chi connectivity index (χ1) is 13.3. The van der Waals surface area contributed by atoms with Crippen molar-refractivity contribution in [1.82, 2.24) is 15.1 Å². The molecule has 5 heteroatoms. The number of hydrogen-bond donors (Lipinski definition) is 0. The SMILES string of the molecule is O=C(CCC1CCCC1)N1CCCC(c2nnc(Cc3ccccc3)s2)C1. The zero-order chi connectivity index (χ0) is 18.5. The third kappa shape index (κ3) is 4.95. The van der Waals surface area contributed by atoms with Crippen LogP contribution in [0.15, 0.2) is 30.3 Å². The zero-order valence-electron chi connectivity index (χ0n) is 16.0. The highest BCUT2D eigenvalue weighted by Gasteiger charge is 2.27. The van der Waals surface area contributed by atoms with E-state index in [0.29, 0.717) is 11.8 Å². The number of hydrogen-bond acceptors (Lipinski definition) is 4. The molecule has 1 saturated carbocycles. The van der Waals surface area contributed by atoms with Crippen LogP contribution < -0.4 is 0 Å². The average molecular weight is 384 g/mol. The van der Waals surface area contributed by atoms with E-state index in [2.05, 4.69) is 39.4 Å². The van der Waals surface area contributed by atoms with Gasteiger partial charge in [-0.15, -0.1) is 21.5 Å². The van der Waals surface area contributed by atoms with Gasteiger partial charge in [0.15, 0.2) is 0 Å². The van der Waals surface area contributed by atoms with Crippen LogP contribution in [-0.4, -0.2) is 34.1 Å². The van der Waals surface area contributed by atoms with Gasteiger partial charge in [0.1, 0.15) is 10.0 Å². The maximum Gasteiger partial charge on any atom is 0.222 e. The molecule has 0 bridgehead atoms. The molecular weight excluding hydrogens is 354 g/mol. The van der Waals surface area contributed by atoms with E-state index >= 15 is 0 Å². The second-order valence-electron chi connectivity index (χ2n) is 8.06. The highest BCUT2D eigenvalue weighted by molar-refractivity contribution is 7.11. The summed E-state index contributed by atoms with van der Waals surface area (Å²) in [6.07, 6.45) is 10.2. The fourth-order valence-corrected chi connectivity index (χ4v) is 5.47. The summed E-state index contributed by atoms with van der Waals surface area (Å²) in [5.74, 6) is 1.50. The van der Waals surface area contributed by atoms with Gasteiger partial charge in [-0.1, -0.05) is 56.0 Å². The van der Waals surface area contributed by atoms with Crippen LogP contribution in [0.4, 0.5) is 0 Å². The maximum absolute atomic E-state index is 12.7. The fourth-order valence-electron chi connectivity index (χ4n) is 4.46. The van der Waals surface area contributed by atoms with Gasteiger partial charge in [-0.2, -0.15) is 0 Å². The molecule has 1 aromatic carbocycles. The standard InChI is InChI=1S/C22H29N3OS/c26-21(13-12-17-7-4-5-8-17)25-14-6-11-19(16-25)22-24-23-20(27-22)15-18-9-2-1-3-10-18/h1-3,9-10,17,19H,4-8,11-16H2. The molecule has 0 N–H and O–H groups in total. The molecule has 2 aliphatic rings. The lowest BCUT2D eigenvalue weighted by Gasteiger charge is -2.32. The third-order valence-electron chi connectivity index (χ3n) is 6.05. The molecule has 2 aromatic rings. The Morgan fingerprint density at radius 1 is 1.07 bits per heavy atom. The second kappa shape index (κ2) is 8.96. The Labute approximate surface area is 166 Å². The monoisotopic (exact) mass is 383 g/mol. The Bertz CT molecular complexity index is 739. The molecule has 2 heterocycles. The normalized spacial score (nSPS) is 20.9. The van der Waals surface area contributed by atoms with Gasteiger partial charge in [-0.05, 0) is 30.7 Å². The van der Waals surface area contributed by atoms with Crippen molar-refractivity contribution in [3.8, 4) is 0 Å². The van der Waals surface area contributed by atoms with Crippen molar-refractivity contribution in [2.45, 2.75) is 63.7 Å². The molecule has 1 aliphatic carbocycles. The Morgan fingerprint density at radius 2 is 1.89 bits per heavy atom. The molecule has 144 valence electrons. The Balaban J connectivity index is 1.32. The summed E-state index contributed by atoms with van der Waals surface area (Å²) in [5.41, 5.74) is 1.27. The molecule has 4 rings (SSSR count). The van der Waals surface area contributed by atoms with Crippen molar-refractivity contribution in [3.63, 3.8) is 0 Å². The van der Waals surface area contributed by atoms with E-state index in [1.54, 1.807) is 11.3 Å². The van der Waals surface area contributed by atoms with Crippen LogP contribution in [0, 0.1) is 5.92 Å². The van der Waals surface area contributed by atoms with E-state index in [0.717, 1.165) is 61.1 Å². The van der Waals surface area contributed by atoms with Gasteiger partial charge in [-0.3, -0.25) is 4.79 Å². The van der Waals surface area contributed by atoms with Crippen LogP contribution in [0.5, 0.6) is 0 Å². The quantitative estimate of drug-likeness (QED) is 0.719. The van der Waals surface area contributed by atoms with Crippen molar-refractivity contribution in [1.29, 1.82) is 0 Å². The number of piperidine rings is 1. The average Bonchev–Trinajstić information content (AvgIpc) is 3.39. The van der Waals surface area contributed by atoms with Crippen LogP contribution in [0.1, 0.15) is 72.9 Å². The number of nitrogens with zero attached hydrogens (tertiary/aromatic N) is 3. The van der Waals surface area contributed by atoms with E-state index in [1.807, 2.05) is 6.07 Å². The van der Waals surface area contributed by atoms with Gasteiger partial charge in [-0.25, -0.2) is 0 Å². The Morgan fingerprint density at radius 3 is 2.70 bits per heavy atom. The van der Waals surface area contributed by atoms with Crippen molar-refractivity contribution in [3.05, 3.63) is 45.9 Å². The molecular formula is C22H29N3OS. The molecule has 2 fully saturated rings. The summed E-state index contributed by atoms with van der Waals surface area (Å²) in [4.78, 5) is 14.8. The zero-order valence-corrected chi connectivity index (χ0v) is 16.8. The fraction of sp³-hybridized carbons (Fsp3) is 0.591. The van der Waals surface area contributed by atoms with Crippen LogP contribution in [0.2, 0.25) is 0 Å². The molecule has 1 aromatic heterocycles. The van der Waals surface area contributed by atoms with Crippen molar-refractivity contribution >= 4 is 17.2 Å². The van der Waals surface area contributed by atoms with Gasteiger partial charge >= 0.3 is 0 Å². The van der Waals surface area contributed by atoms with Crippen LogP contribution in [-0.2, 0) is 11.2 Å². The highest BCUT2D eigenvalue weighted by Crippen LogP contribution is 2.32. The third-order valence-corrected chi connectivity index (χ3v) is 7.13. The first-order valence-electron chi connectivity index (χ1n) is 10.4. The number of likely N-dealkylation sites (tertiary alicyclic amines) is 1. The van der Waals surface area contributed by atoms with Gasteiger partial charge in [0.05, 0.1) is 0 Å². The van der Waals surface area contributed by atoms with Crippen molar-refractivity contribution in [2.75, 3.05) is 13.1 Å². The molecule has 1 saturated heterocycles. The molecule has 0 radical (unpaired) electrons. The first kappa shape index (κ1) is 18.6. The summed E-state index contributed by atoms with van der Waals surface area (Å²) in [6.45, 7) is 1.74. The van der Waals surface area contributed by atoms with Crippen molar-refractivity contribution in [2.24, 2.45) is 5.92 Å². The lowest BCUT2D eigenvalue weighted by molar-refractivity contribution is -0.132. The topological polar surface area (TPSA) is 46.1 Å². The molecule has 1 amide bonds. The van der Waals surface area contributed by atoms with E-state index < -0.39 is 0 Å². The van der Waals surface area contributed by atoms with E-state index in [9.17, 15) is 4.79 Å². The number of aromatic nitrogens is 2. The van der Waals surface area contributed by atoms with E-state index in [1.165, 1.54) is 31.2 Å². The van der Waals surface area contributed by atoms with E-state index in [-0.39, 0.29) is 0 Å². The largest absolute Gasteiger partial charge is 0.342 e. The van der Waals surface area contributed by atoms with Crippen LogP contribution in [0.3, 0.4) is 0 Å². The number of carbonyl (C=O) groups is 1. The lowest BCUT2D eigenvalue weighted by Crippen LogP contribution is -2.39. The minimum Gasteiger partial charge on any atom is -0.342 e. The number of amides is 1. The predicted octanol–water partition coefficient (Wildman–Crippen LogP) is 4.81. The Hall–Kier alpha value is -1.75. The molecule has 0 spiro atoms. The summed E-state index contributed by atoms with van der Waals surface area (Å²) in [5, 5.41) is 11.1. The maximum atomic E-state index is 12.7.